The van der Waals surface area contributed by atoms with Crippen molar-refractivity contribution in [2.75, 3.05) is 31.1 Å². The minimum Gasteiger partial charge on any atom is -0.380 e. The van der Waals surface area contributed by atoms with Crippen molar-refractivity contribution in [1.29, 1.82) is 0 Å². The zero-order chi connectivity index (χ0) is 19.7. The fourth-order valence-electron chi connectivity index (χ4n) is 4.01. The van der Waals surface area contributed by atoms with E-state index in [2.05, 4.69) is 40.8 Å². The Labute approximate surface area is 170 Å². The number of nitrogens with zero attached hydrogens (tertiary/aromatic N) is 4. The quantitative estimate of drug-likeness (QED) is 0.717. The highest BCUT2D eigenvalue weighted by atomic mass is 32.1. The van der Waals surface area contributed by atoms with Gasteiger partial charge >= 0.3 is 0 Å². The van der Waals surface area contributed by atoms with Crippen molar-refractivity contribution >= 4 is 17.0 Å². The van der Waals surface area contributed by atoms with E-state index in [9.17, 15) is 5.11 Å². The molecule has 1 N–H and O–H groups in total. The first-order chi connectivity index (χ1) is 13.5. The summed E-state index contributed by atoms with van der Waals surface area (Å²) in [5.74, 6) is 0.675. The molecule has 3 aromatic rings. The number of hydrogen-bond acceptors (Lipinski definition) is 5. The van der Waals surface area contributed by atoms with Gasteiger partial charge in [0, 0.05) is 73.2 Å². The summed E-state index contributed by atoms with van der Waals surface area (Å²) in [6.07, 6.45) is 2.88. The van der Waals surface area contributed by atoms with E-state index in [0.29, 0.717) is 5.82 Å². The third-order valence-electron chi connectivity index (χ3n) is 5.59. The van der Waals surface area contributed by atoms with E-state index in [-0.39, 0.29) is 0 Å². The summed E-state index contributed by atoms with van der Waals surface area (Å²) < 4.78 is 1.88. The number of rotatable bonds is 5. The number of benzene rings is 1. The van der Waals surface area contributed by atoms with Crippen molar-refractivity contribution in [2.24, 2.45) is 7.05 Å². The van der Waals surface area contributed by atoms with Crippen LogP contribution in [0.1, 0.15) is 32.8 Å². The first kappa shape index (κ1) is 19.2. The van der Waals surface area contributed by atoms with Gasteiger partial charge in [0.15, 0.2) is 0 Å². The monoisotopic (exact) mass is 396 g/mol. The smallest absolute Gasteiger partial charge is 0.142 e. The summed E-state index contributed by atoms with van der Waals surface area (Å²) in [7, 11) is 1.92. The highest BCUT2D eigenvalue weighted by Gasteiger charge is 2.24. The van der Waals surface area contributed by atoms with Crippen LogP contribution in [0.15, 0.2) is 42.7 Å². The van der Waals surface area contributed by atoms with E-state index >= 15 is 0 Å². The van der Waals surface area contributed by atoms with Gasteiger partial charge in [0.2, 0.25) is 0 Å². The highest BCUT2D eigenvalue weighted by Crippen LogP contribution is 2.31. The van der Waals surface area contributed by atoms with Crippen LogP contribution < -0.4 is 4.90 Å². The van der Waals surface area contributed by atoms with Gasteiger partial charge in [-0.2, -0.15) is 0 Å². The van der Waals surface area contributed by atoms with Crippen molar-refractivity contribution < 1.29 is 5.11 Å². The van der Waals surface area contributed by atoms with Crippen LogP contribution in [0.4, 0.5) is 5.69 Å². The molecule has 5 nitrogen and oxygen atoms in total. The Kier molecular flexibility index (Phi) is 5.53. The Morgan fingerprint density at radius 1 is 1.14 bits per heavy atom. The molecule has 0 bridgehead atoms. The Bertz CT molecular complexity index is 940. The summed E-state index contributed by atoms with van der Waals surface area (Å²) in [6, 6.07) is 10.5. The van der Waals surface area contributed by atoms with E-state index in [1.54, 1.807) is 6.20 Å². The molecule has 6 heteroatoms. The number of imidazole rings is 1. The molecule has 1 atom stereocenters. The van der Waals surface area contributed by atoms with Gasteiger partial charge in [0.05, 0.1) is 0 Å². The molecule has 0 unspecified atom stereocenters. The van der Waals surface area contributed by atoms with Gasteiger partial charge in [0.25, 0.3) is 0 Å². The van der Waals surface area contributed by atoms with Crippen molar-refractivity contribution in [3.05, 3.63) is 69.4 Å². The lowest BCUT2D eigenvalue weighted by Crippen LogP contribution is -2.46. The average molecular weight is 397 g/mol. The van der Waals surface area contributed by atoms with Crippen molar-refractivity contribution in [2.45, 2.75) is 26.5 Å². The second kappa shape index (κ2) is 8.07. The number of para-hydroxylation sites is 1. The van der Waals surface area contributed by atoms with Crippen molar-refractivity contribution in [1.82, 2.24) is 14.5 Å². The largest absolute Gasteiger partial charge is 0.380 e. The van der Waals surface area contributed by atoms with Gasteiger partial charge in [-0.15, -0.1) is 11.3 Å². The molecule has 0 aliphatic carbocycles. The number of anilines is 1. The molecule has 28 heavy (non-hydrogen) atoms. The Morgan fingerprint density at radius 2 is 1.89 bits per heavy atom. The molecular formula is C22H28N4OS. The third kappa shape index (κ3) is 3.85. The second-order valence-corrected chi connectivity index (χ2v) is 9.02. The van der Waals surface area contributed by atoms with Gasteiger partial charge in [-0.3, -0.25) is 4.90 Å². The molecule has 0 radical (unpaired) electrons. The van der Waals surface area contributed by atoms with Gasteiger partial charge in [-0.25, -0.2) is 4.98 Å². The highest BCUT2D eigenvalue weighted by molar-refractivity contribution is 7.12. The lowest BCUT2D eigenvalue weighted by molar-refractivity contribution is 0.205. The molecule has 4 rings (SSSR count). The number of aliphatic hydroxyl groups excluding tert-OH is 1. The first-order valence-corrected chi connectivity index (χ1v) is 10.6. The van der Waals surface area contributed by atoms with Crippen LogP contribution in [0, 0.1) is 13.8 Å². The van der Waals surface area contributed by atoms with Gasteiger partial charge in [-0.1, -0.05) is 18.2 Å². The second-order valence-electron chi connectivity index (χ2n) is 7.56. The maximum atomic E-state index is 10.9. The number of aryl methyl sites for hydroxylation is 3. The van der Waals surface area contributed by atoms with E-state index < -0.39 is 6.10 Å². The van der Waals surface area contributed by atoms with E-state index in [1.165, 1.54) is 15.3 Å². The molecule has 3 heterocycles. The molecule has 1 aromatic carbocycles. The fraction of sp³-hybridized carbons (Fsp3) is 0.409. The molecule has 2 aromatic heterocycles. The molecule has 1 saturated heterocycles. The minimum absolute atomic E-state index is 0.675. The van der Waals surface area contributed by atoms with E-state index in [4.69, 9.17) is 0 Å². The first-order valence-electron chi connectivity index (χ1n) is 9.80. The summed E-state index contributed by atoms with van der Waals surface area (Å²) in [6.45, 7) is 9.42. The predicted octanol–water partition coefficient (Wildman–Crippen LogP) is 3.50. The summed E-state index contributed by atoms with van der Waals surface area (Å²) in [5.41, 5.74) is 3.50. The zero-order valence-electron chi connectivity index (χ0n) is 16.8. The topological polar surface area (TPSA) is 44.5 Å². The Hall–Kier alpha value is -2.15. The van der Waals surface area contributed by atoms with Crippen LogP contribution >= 0.6 is 11.3 Å². The number of hydrogen-bond donors (Lipinski definition) is 1. The standard InChI is InChI=1S/C22H28N4OS/c1-16-14-18(17(2)28-16)15-25-10-12-26(13-11-25)20-7-5-4-6-19(20)21(27)22-23-8-9-24(22)3/h4-9,14,21,27H,10-13,15H2,1-3H3/t21-/m0/s1. The lowest BCUT2D eigenvalue weighted by Gasteiger charge is -2.37. The predicted molar refractivity (Wildman–Crippen MR) is 115 cm³/mol. The van der Waals surface area contributed by atoms with E-state index in [0.717, 1.165) is 44.0 Å². The molecule has 1 aliphatic rings. The van der Waals surface area contributed by atoms with Gasteiger partial charge in [0.1, 0.15) is 11.9 Å². The zero-order valence-corrected chi connectivity index (χ0v) is 17.6. The van der Waals surface area contributed by atoms with Crippen LogP contribution in [0.25, 0.3) is 0 Å². The van der Waals surface area contributed by atoms with Crippen LogP contribution in [0.3, 0.4) is 0 Å². The average Bonchev–Trinajstić information content (AvgIpc) is 3.26. The fourth-order valence-corrected chi connectivity index (χ4v) is 4.95. The normalized spacial score (nSPS) is 16.5. The summed E-state index contributed by atoms with van der Waals surface area (Å²) in [5, 5.41) is 10.9. The summed E-state index contributed by atoms with van der Waals surface area (Å²) >= 11 is 1.89. The van der Waals surface area contributed by atoms with Gasteiger partial charge in [-0.05, 0) is 31.5 Å². The number of aromatic nitrogens is 2. The molecule has 0 saturated carbocycles. The number of piperazine rings is 1. The Morgan fingerprint density at radius 3 is 2.54 bits per heavy atom. The van der Waals surface area contributed by atoms with Crippen LogP contribution in [-0.4, -0.2) is 45.7 Å². The SMILES string of the molecule is Cc1cc(CN2CCN(c3ccccc3[C@H](O)c3nccn3C)CC2)c(C)s1. The van der Waals surface area contributed by atoms with Crippen LogP contribution in [-0.2, 0) is 13.6 Å². The molecular weight excluding hydrogens is 368 g/mol. The molecule has 1 aliphatic heterocycles. The summed E-state index contributed by atoms with van der Waals surface area (Å²) in [4.78, 5) is 12.1. The molecule has 1 fully saturated rings. The molecule has 0 amide bonds. The van der Waals surface area contributed by atoms with Crippen molar-refractivity contribution in [3.63, 3.8) is 0 Å². The molecule has 148 valence electrons. The van der Waals surface area contributed by atoms with Crippen molar-refractivity contribution in [3.8, 4) is 0 Å². The minimum atomic E-state index is -0.717. The Balaban J connectivity index is 1.46. The number of thiophene rings is 1. The number of aliphatic hydroxyl groups is 1. The third-order valence-corrected chi connectivity index (χ3v) is 6.59. The van der Waals surface area contributed by atoms with Crippen LogP contribution in [0.2, 0.25) is 0 Å². The lowest BCUT2D eigenvalue weighted by atomic mass is 10.0. The molecule has 0 spiro atoms. The van der Waals surface area contributed by atoms with E-state index in [1.807, 2.05) is 47.3 Å². The van der Waals surface area contributed by atoms with Gasteiger partial charge < -0.3 is 14.6 Å². The maximum Gasteiger partial charge on any atom is 0.142 e. The van der Waals surface area contributed by atoms with Crippen LogP contribution in [0.5, 0.6) is 0 Å². The maximum absolute atomic E-state index is 10.9.